The fraction of sp³-hybridized carbons (Fsp3) is 0.500. The second-order valence-electron chi connectivity index (χ2n) is 3.34. The van der Waals surface area contributed by atoms with E-state index in [9.17, 15) is 4.79 Å². The van der Waals surface area contributed by atoms with Crippen molar-refractivity contribution in [2.45, 2.75) is 20.3 Å². The molecule has 0 fully saturated rings. The summed E-state index contributed by atoms with van der Waals surface area (Å²) in [6.45, 7) is 11.3. The van der Waals surface area contributed by atoms with Gasteiger partial charge < -0.3 is 4.74 Å². The molecule has 0 aliphatic heterocycles. The minimum absolute atomic E-state index is 0.182. The molecule has 0 amide bonds. The molecule has 0 unspecified atom stereocenters. The van der Waals surface area contributed by atoms with Crippen molar-refractivity contribution in [1.29, 1.82) is 0 Å². The van der Waals surface area contributed by atoms with E-state index in [0.29, 0.717) is 6.42 Å². The maximum atomic E-state index is 11.1. The number of hydrogen-bond donors (Lipinski definition) is 0. The highest BCUT2D eigenvalue weighted by atomic mass is 16.5. The Balaban J connectivity index is 3.83. The molecule has 0 N–H and O–H groups in total. The standard InChI is InChI=1S/C10H16O2/c1-5-7-12-9(11)8-10(3,4)6-2/h5-6H,1-2,7-8H2,3-4H3. The first-order chi connectivity index (χ1) is 5.52. The Bertz CT molecular complexity index is 180. The van der Waals surface area contributed by atoms with Crippen molar-refractivity contribution in [1.82, 2.24) is 0 Å². The van der Waals surface area contributed by atoms with E-state index < -0.39 is 0 Å². The van der Waals surface area contributed by atoms with Gasteiger partial charge in [-0.05, 0) is 5.41 Å². The molecular weight excluding hydrogens is 152 g/mol. The minimum atomic E-state index is -0.209. The van der Waals surface area contributed by atoms with Gasteiger partial charge in [0.1, 0.15) is 6.61 Å². The highest BCUT2D eigenvalue weighted by molar-refractivity contribution is 5.70. The Labute approximate surface area is 73.9 Å². The molecular formula is C10H16O2. The molecule has 2 nitrogen and oxygen atoms in total. The van der Waals surface area contributed by atoms with Crippen molar-refractivity contribution in [3.63, 3.8) is 0 Å². The van der Waals surface area contributed by atoms with Crippen LogP contribution in [0.2, 0.25) is 0 Å². The lowest BCUT2D eigenvalue weighted by Crippen LogP contribution is -2.16. The lowest BCUT2D eigenvalue weighted by atomic mass is 9.90. The van der Waals surface area contributed by atoms with Crippen LogP contribution in [0.4, 0.5) is 0 Å². The van der Waals surface area contributed by atoms with Gasteiger partial charge in [0.05, 0.1) is 6.42 Å². The van der Waals surface area contributed by atoms with Crippen LogP contribution in [0.25, 0.3) is 0 Å². The molecule has 0 bridgehead atoms. The third-order valence-corrected chi connectivity index (χ3v) is 1.51. The van der Waals surface area contributed by atoms with Gasteiger partial charge in [0.25, 0.3) is 0 Å². The van der Waals surface area contributed by atoms with E-state index in [1.807, 2.05) is 13.8 Å². The van der Waals surface area contributed by atoms with Gasteiger partial charge in [0, 0.05) is 0 Å². The number of carbonyl (C=O) groups excluding carboxylic acids is 1. The molecule has 0 radical (unpaired) electrons. The smallest absolute Gasteiger partial charge is 0.306 e. The highest BCUT2D eigenvalue weighted by Crippen LogP contribution is 2.21. The van der Waals surface area contributed by atoms with Crippen LogP contribution in [0.5, 0.6) is 0 Å². The molecule has 0 saturated heterocycles. The number of allylic oxidation sites excluding steroid dienone is 1. The molecule has 0 spiro atoms. The molecule has 0 saturated carbocycles. The van der Waals surface area contributed by atoms with Gasteiger partial charge in [0.15, 0.2) is 0 Å². The zero-order valence-electron chi connectivity index (χ0n) is 7.80. The summed E-state index contributed by atoms with van der Waals surface area (Å²) >= 11 is 0. The van der Waals surface area contributed by atoms with E-state index in [0.717, 1.165) is 0 Å². The fourth-order valence-corrected chi connectivity index (χ4v) is 0.647. The average molecular weight is 168 g/mol. The topological polar surface area (TPSA) is 26.3 Å². The summed E-state index contributed by atoms with van der Waals surface area (Å²) < 4.78 is 4.82. The lowest BCUT2D eigenvalue weighted by Gasteiger charge is -2.17. The van der Waals surface area contributed by atoms with Gasteiger partial charge in [-0.25, -0.2) is 0 Å². The first kappa shape index (κ1) is 11.0. The van der Waals surface area contributed by atoms with Crippen LogP contribution < -0.4 is 0 Å². The maximum Gasteiger partial charge on any atom is 0.306 e. The molecule has 0 aromatic carbocycles. The van der Waals surface area contributed by atoms with Crippen LogP contribution in [-0.4, -0.2) is 12.6 Å². The summed E-state index contributed by atoms with van der Waals surface area (Å²) in [5.74, 6) is -0.209. The van der Waals surface area contributed by atoms with Crippen molar-refractivity contribution in [3.8, 4) is 0 Å². The van der Waals surface area contributed by atoms with Gasteiger partial charge in [-0.2, -0.15) is 0 Å². The lowest BCUT2D eigenvalue weighted by molar-refractivity contribution is -0.144. The predicted molar refractivity (Wildman–Crippen MR) is 49.8 cm³/mol. The molecule has 2 heteroatoms. The number of rotatable bonds is 5. The van der Waals surface area contributed by atoms with E-state index in [1.165, 1.54) is 0 Å². The van der Waals surface area contributed by atoms with Crippen LogP contribution in [0.1, 0.15) is 20.3 Å². The second-order valence-corrected chi connectivity index (χ2v) is 3.34. The molecule has 0 aromatic heterocycles. The highest BCUT2D eigenvalue weighted by Gasteiger charge is 2.18. The fourth-order valence-electron chi connectivity index (χ4n) is 0.647. The van der Waals surface area contributed by atoms with Gasteiger partial charge in [0.2, 0.25) is 0 Å². The summed E-state index contributed by atoms with van der Waals surface area (Å²) in [5, 5.41) is 0. The van der Waals surface area contributed by atoms with Gasteiger partial charge in [-0.3, -0.25) is 4.79 Å². The average Bonchev–Trinajstić information content (AvgIpc) is 2.00. The normalized spacial score (nSPS) is 10.5. The molecule has 12 heavy (non-hydrogen) atoms. The molecule has 0 aromatic rings. The van der Waals surface area contributed by atoms with Gasteiger partial charge in [-0.1, -0.05) is 32.6 Å². The Kier molecular flexibility index (Phi) is 4.34. The number of carbonyl (C=O) groups is 1. The first-order valence-corrected chi connectivity index (χ1v) is 3.92. The number of esters is 1. The summed E-state index contributed by atoms with van der Waals surface area (Å²) in [7, 11) is 0. The minimum Gasteiger partial charge on any atom is -0.461 e. The van der Waals surface area contributed by atoms with Gasteiger partial charge >= 0.3 is 5.97 Å². The monoisotopic (exact) mass is 168 g/mol. The largest absolute Gasteiger partial charge is 0.461 e. The third-order valence-electron chi connectivity index (χ3n) is 1.51. The molecule has 68 valence electrons. The third kappa shape index (κ3) is 4.72. The summed E-state index contributed by atoms with van der Waals surface area (Å²) in [6, 6.07) is 0. The van der Waals surface area contributed by atoms with Crippen LogP contribution in [0.15, 0.2) is 25.3 Å². The van der Waals surface area contributed by atoms with Crippen LogP contribution in [0, 0.1) is 5.41 Å². The van der Waals surface area contributed by atoms with Crippen molar-refractivity contribution >= 4 is 5.97 Å². The van der Waals surface area contributed by atoms with Crippen molar-refractivity contribution in [3.05, 3.63) is 25.3 Å². The van der Waals surface area contributed by atoms with E-state index >= 15 is 0 Å². The Hall–Kier alpha value is -1.05. The van der Waals surface area contributed by atoms with E-state index in [2.05, 4.69) is 13.2 Å². The quantitative estimate of drug-likeness (QED) is 0.465. The predicted octanol–water partition coefficient (Wildman–Crippen LogP) is 2.32. The number of ether oxygens (including phenoxy) is 1. The Morgan fingerprint density at radius 1 is 1.50 bits per heavy atom. The molecule has 0 aliphatic carbocycles. The molecule has 0 atom stereocenters. The molecule has 0 rings (SSSR count). The van der Waals surface area contributed by atoms with Crippen LogP contribution in [0.3, 0.4) is 0 Å². The van der Waals surface area contributed by atoms with E-state index in [-0.39, 0.29) is 18.0 Å². The summed E-state index contributed by atoms with van der Waals surface area (Å²) in [4.78, 5) is 11.1. The second kappa shape index (κ2) is 4.75. The van der Waals surface area contributed by atoms with Crippen molar-refractivity contribution < 1.29 is 9.53 Å². The maximum absolute atomic E-state index is 11.1. The zero-order valence-corrected chi connectivity index (χ0v) is 7.80. The number of hydrogen-bond acceptors (Lipinski definition) is 2. The molecule has 0 heterocycles. The van der Waals surface area contributed by atoms with Crippen LogP contribution in [-0.2, 0) is 9.53 Å². The van der Waals surface area contributed by atoms with Crippen molar-refractivity contribution in [2.24, 2.45) is 5.41 Å². The van der Waals surface area contributed by atoms with Crippen molar-refractivity contribution in [2.75, 3.05) is 6.61 Å². The Morgan fingerprint density at radius 2 is 2.08 bits per heavy atom. The summed E-state index contributed by atoms with van der Waals surface area (Å²) in [6.07, 6.45) is 3.67. The first-order valence-electron chi connectivity index (χ1n) is 3.92. The van der Waals surface area contributed by atoms with Gasteiger partial charge in [-0.15, -0.1) is 6.58 Å². The SMILES string of the molecule is C=CCOC(=O)CC(C)(C)C=C. The zero-order chi connectivity index (χ0) is 9.61. The Morgan fingerprint density at radius 3 is 2.50 bits per heavy atom. The van der Waals surface area contributed by atoms with E-state index in [4.69, 9.17) is 4.74 Å². The summed E-state index contributed by atoms with van der Waals surface area (Å²) in [5.41, 5.74) is -0.182. The van der Waals surface area contributed by atoms with Crippen LogP contribution >= 0.6 is 0 Å². The molecule has 0 aliphatic rings. The van der Waals surface area contributed by atoms with E-state index in [1.54, 1.807) is 12.2 Å².